The SMILES string of the molecule is COc1ccc([C@@H]2SCC(=O)N2Nc2ccccc2)cc1[N+](=O)[O-]. The molecule has 0 unspecified atom stereocenters. The van der Waals surface area contributed by atoms with Crippen molar-refractivity contribution in [2.45, 2.75) is 5.37 Å². The number of carbonyl (C=O) groups excluding carboxylic acids is 1. The maximum atomic E-state index is 12.2. The number of ether oxygens (including phenoxy) is 1. The second-order valence-electron chi connectivity index (χ2n) is 5.09. The maximum Gasteiger partial charge on any atom is 0.311 e. The standard InChI is InChI=1S/C16H15N3O4S/c1-23-14-8-7-11(9-13(14)19(21)22)16-18(15(20)10-24-16)17-12-5-3-2-4-6-12/h2-9,16-17H,10H2,1H3/t16-/m0/s1. The first-order valence-corrected chi connectivity index (χ1v) is 8.22. The largest absolute Gasteiger partial charge is 0.490 e. The normalized spacial score (nSPS) is 17.0. The third-order valence-electron chi connectivity index (χ3n) is 3.58. The predicted octanol–water partition coefficient (Wildman–Crippen LogP) is 3.20. The average Bonchev–Trinajstić information content (AvgIpc) is 2.96. The Balaban J connectivity index is 1.91. The van der Waals surface area contributed by atoms with E-state index in [0.29, 0.717) is 11.3 Å². The molecule has 2 aromatic carbocycles. The van der Waals surface area contributed by atoms with Gasteiger partial charge in [0, 0.05) is 6.07 Å². The third-order valence-corrected chi connectivity index (χ3v) is 4.79. The first-order valence-electron chi connectivity index (χ1n) is 7.18. The average molecular weight is 345 g/mol. The number of hydrogen-bond acceptors (Lipinski definition) is 6. The summed E-state index contributed by atoms with van der Waals surface area (Å²) < 4.78 is 5.02. The lowest BCUT2D eigenvalue weighted by Gasteiger charge is -2.25. The van der Waals surface area contributed by atoms with Crippen molar-refractivity contribution in [1.82, 2.24) is 5.01 Å². The second kappa shape index (κ2) is 6.79. The molecule has 1 heterocycles. The molecule has 1 aliphatic rings. The highest BCUT2D eigenvalue weighted by Gasteiger charge is 2.34. The summed E-state index contributed by atoms with van der Waals surface area (Å²) in [6, 6.07) is 14.1. The Kier molecular flexibility index (Phi) is 4.57. The number of thioether (sulfide) groups is 1. The molecule has 2 aromatic rings. The lowest BCUT2D eigenvalue weighted by Crippen LogP contribution is -2.33. The van der Waals surface area contributed by atoms with Crippen molar-refractivity contribution < 1.29 is 14.5 Å². The number of amides is 1. The van der Waals surface area contributed by atoms with Gasteiger partial charge in [0.15, 0.2) is 5.75 Å². The molecule has 1 fully saturated rings. The van der Waals surface area contributed by atoms with E-state index in [0.717, 1.165) is 5.69 Å². The molecule has 1 amide bonds. The summed E-state index contributed by atoms with van der Waals surface area (Å²) in [5.41, 5.74) is 4.41. The van der Waals surface area contributed by atoms with Crippen molar-refractivity contribution in [2.24, 2.45) is 0 Å². The molecule has 7 nitrogen and oxygen atoms in total. The molecule has 1 atom stereocenters. The Morgan fingerprint density at radius 2 is 2.04 bits per heavy atom. The van der Waals surface area contributed by atoms with Crippen LogP contribution < -0.4 is 10.2 Å². The van der Waals surface area contributed by atoms with Crippen molar-refractivity contribution in [2.75, 3.05) is 18.3 Å². The van der Waals surface area contributed by atoms with Crippen LogP contribution in [-0.2, 0) is 4.79 Å². The van der Waals surface area contributed by atoms with Crippen LogP contribution >= 0.6 is 11.8 Å². The molecular weight excluding hydrogens is 330 g/mol. The van der Waals surface area contributed by atoms with E-state index in [-0.39, 0.29) is 22.7 Å². The van der Waals surface area contributed by atoms with Crippen LogP contribution in [0.1, 0.15) is 10.9 Å². The first-order chi connectivity index (χ1) is 11.6. The lowest BCUT2D eigenvalue weighted by molar-refractivity contribution is -0.385. The Morgan fingerprint density at radius 1 is 1.29 bits per heavy atom. The van der Waals surface area contributed by atoms with Gasteiger partial charge in [0.1, 0.15) is 5.37 Å². The van der Waals surface area contributed by atoms with E-state index < -0.39 is 4.92 Å². The zero-order valence-corrected chi connectivity index (χ0v) is 13.7. The number of benzene rings is 2. The van der Waals surface area contributed by atoms with Gasteiger partial charge in [-0.05, 0) is 23.8 Å². The van der Waals surface area contributed by atoms with Crippen molar-refractivity contribution in [1.29, 1.82) is 0 Å². The fourth-order valence-electron chi connectivity index (χ4n) is 2.45. The van der Waals surface area contributed by atoms with Crippen LogP contribution in [0.25, 0.3) is 0 Å². The van der Waals surface area contributed by atoms with Gasteiger partial charge in [-0.2, -0.15) is 0 Å². The molecule has 124 valence electrons. The van der Waals surface area contributed by atoms with E-state index >= 15 is 0 Å². The van der Waals surface area contributed by atoms with E-state index in [4.69, 9.17) is 4.74 Å². The number of nitro groups is 1. The molecule has 1 saturated heterocycles. The van der Waals surface area contributed by atoms with Gasteiger partial charge in [0.25, 0.3) is 5.91 Å². The molecule has 1 N–H and O–H groups in total. The van der Waals surface area contributed by atoms with Crippen LogP contribution in [0.3, 0.4) is 0 Å². The van der Waals surface area contributed by atoms with Crippen LogP contribution in [0.5, 0.6) is 5.75 Å². The number of nitrogens with zero attached hydrogens (tertiary/aromatic N) is 2. The van der Waals surface area contributed by atoms with E-state index in [9.17, 15) is 14.9 Å². The molecule has 8 heteroatoms. The summed E-state index contributed by atoms with van der Waals surface area (Å²) >= 11 is 1.42. The van der Waals surface area contributed by atoms with Gasteiger partial charge in [0.05, 0.1) is 23.5 Å². The molecule has 24 heavy (non-hydrogen) atoms. The molecule has 0 saturated carbocycles. The summed E-state index contributed by atoms with van der Waals surface area (Å²) in [5.74, 6) is 0.428. The maximum absolute atomic E-state index is 12.2. The van der Waals surface area contributed by atoms with Crippen LogP contribution in [0, 0.1) is 10.1 Å². The number of carbonyl (C=O) groups is 1. The lowest BCUT2D eigenvalue weighted by atomic mass is 10.1. The van der Waals surface area contributed by atoms with Crippen LogP contribution in [0.15, 0.2) is 48.5 Å². The van der Waals surface area contributed by atoms with Crippen molar-refractivity contribution in [3.8, 4) is 5.75 Å². The number of anilines is 1. The molecule has 0 spiro atoms. The number of nitro benzene ring substituents is 1. The van der Waals surface area contributed by atoms with Gasteiger partial charge >= 0.3 is 5.69 Å². The number of hydrazine groups is 1. The van der Waals surface area contributed by atoms with Crippen LogP contribution in [0.2, 0.25) is 0 Å². The van der Waals surface area contributed by atoms with Gasteiger partial charge in [-0.3, -0.25) is 20.3 Å². The smallest absolute Gasteiger partial charge is 0.311 e. The molecule has 3 rings (SSSR count). The summed E-state index contributed by atoms with van der Waals surface area (Å²) in [6.45, 7) is 0. The number of para-hydroxylation sites is 1. The Bertz CT molecular complexity index is 769. The molecule has 0 bridgehead atoms. The van der Waals surface area contributed by atoms with Gasteiger partial charge < -0.3 is 4.74 Å². The number of hydrogen-bond donors (Lipinski definition) is 1. The van der Waals surface area contributed by atoms with Gasteiger partial charge in [-0.15, -0.1) is 11.8 Å². The van der Waals surface area contributed by atoms with Crippen molar-refractivity contribution >= 4 is 29.0 Å². The quantitative estimate of drug-likeness (QED) is 0.662. The van der Waals surface area contributed by atoms with Crippen molar-refractivity contribution in [3.63, 3.8) is 0 Å². The third kappa shape index (κ3) is 3.13. The Labute approximate surface area is 142 Å². The summed E-state index contributed by atoms with van der Waals surface area (Å²) in [6.07, 6.45) is 0. The summed E-state index contributed by atoms with van der Waals surface area (Å²) in [5, 5.41) is 12.4. The van der Waals surface area contributed by atoms with Crippen LogP contribution in [0.4, 0.5) is 11.4 Å². The van der Waals surface area contributed by atoms with Gasteiger partial charge in [0.2, 0.25) is 0 Å². The van der Waals surface area contributed by atoms with E-state index in [2.05, 4.69) is 5.43 Å². The zero-order chi connectivity index (χ0) is 17.1. The van der Waals surface area contributed by atoms with E-state index in [1.165, 1.54) is 29.9 Å². The molecule has 0 radical (unpaired) electrons. The highest BCUT2D eigenvalue weighted by atomic mass is 32.2. The molecule has 1 aliphatic heterocycles. The highest BCUT2D eigenvalue weighted by Crippen LogP contribution is 2.41. The highest BCUT2D eigenvalue weighted by molar-refractivity contribution is 8.00. The first kappa shape index (κ1) is 16.1. The molecule has 0 aromatic heterocycles. The number of nitrogens with one attached hydrogen (secondary N) is 1. The molecule has 0 aliphatic carbocycles. The van der Waals surface area contributed by atoms with Crippen LogP contribution in [-0.4, -0.2) is 28.7 Å². The predicted molar refractivity (Wildman–Crippen MR) is 91.8 cm³/mol. The summed E-state index contributed by atoms with van der Waals surface area (Å²) in [4.78, 5) is 22.9. The van der Waals surface area contributed by atoms with E-state index in [1.54, 1.807) is 12.1 Å². The zero-order valence-electron chi connectivity index (χ0n) is 12.8. The second-order valence-corrected chi connectivity index (χ2v) is 6.16. The van der Waals surface area contributed by atoms with E-state index in [1.807, 2.05) is 30.3 Å². The van der Waals surface area contributed by atoms with Gasteiger partial charge in [-0.25, -0.2) is 5.01 Å². The van der Waals surface area contributed by atoms with Gasteiger partial charge in [-0.1, -0.05) is 24.3 Å². The Hall–Kier alpha value is -2.74. The fourth-order valence-corrected chi connectivity index (χ4v) is 3.54. The minimum absolute atomic E-state index is 0.0766. The monoisotopic (exact) mass is 345 g/mol. The summed E-state index contributed by atoms with van der Waals surface area (Å²) in [7, 11) is 1.39. The number of rotatable bonds is 5. The minimum Gasteiger partial charge on any atom is -0.490 e. The fraction of sp³-hybridized carbons (Fsp3) is 0.188. The molecular formula is C16H15N3O4S. The minimum atomic E-state index is -0.487. The van der Waals surface area contributed by atoms with Crippen molar-refractivity contribution in [3.05, 3.63) is 64.2 Å². The number of methoxy groups -OCH3 is 1. The Morgan fingerprint density at radius 3 is 2.71 bits per heavy atom. The topological polar surface area (TPSA) is 84.7 Å².